The van der Waals surface area contributed by atoms with Gasteiger partial charge >= 0.3 is 0 Å². The molecule has 0 saturated carbocycles. The van der Waals surface area contributed by atoms with E-state index in [4.69, 9.17) is 9.47 Å². The van der Waals surface area contributed by atoms with Crippen LogP contribution in [0.4, 0.5) is 5.69 Å². The Labute approximate surface area is 234 Å². The lowest BCUT2D eigenvalue weighted by Gasteiger charge is -2.16. The van der Waals surface area contributed by atoms with Gasteiger partial charge in [0.05, 0.1) is 24.4 Å². The molecule has 1 heterocycles. The summed E-state index contributed by atoms with van der Waals surface area (Å²) >= 11 is 0. The van der Waals surface area contributed by atoms with Gasteiger partial charge in [0.15, 0.2) is 11.5 Å². The fraction of sp³-hybridized carbons (Fsp3) is 0.167. The van der Waals surface area contributed by atoms with Gasteiger partial charge < -0.3 is 14.8 Å². The molecular formula is C30H27N5O4S. The number of carbonyl (C=O) groups is 2. The van der Waals surface area contributed by atoms with Gasteiger partial charge in [-0.2, -0.15) is 9.62 Å². The number of aromatic nitrogens is 2. The highest BCUT2D eigenvalue weighted by Crippen LogP contribution is 2.35. The molecule has 0 aliphatic heterocycles. The summed E-state index contributed by atoms with van der Waals surface area (Å²) in [6.07, 6.45) is 1.84. The number of aryl methyl sites for hydroxylation is 1. The minimum Gasteiger partial charge on any atom is -0.493 e. The van der Waals surface area contributed by atoms with Gasteiger partial charge in [0.2, 0.25) is 5.91 Å². The first kappa shape index (κ1) is 28.1. The van der Waals surface area contributed by atoms with Gasteiger partial charge in [0.25, 0.3) is 11.8 Å². The van der Waals surface area contributed by atoms with Crippen LogP contribution in [0, 0.1) is 25.2 Å². The van der Waals surface area contributed by atoms with Gasteiger partial charge in [-0.25, -0.2) is 0 Å². The highest BCUT2D eigenvalue weighted by molar-refractivity contribution is 7.87. The third-order valence-corrected chi connectivity index (χ3v) is 7.40. The molecule has 0 radical (unpaired) electrons. The van der Waals surface area contributed by atoms with Crippen LogP contribution in [-0.2, 0) is 15.5 Å². The molecule has 2 amide bonds. The van der Waals surface area contributed by atoms with E-state index in [0.717, 1.165) is 16.0 Å². The SMILES string of the molecule is COc1cc(C#N)ccc1Oc1nnc(-c2ccc(C)cc2)c(C)c1C(=O)Nc1cccc(/S(C)=N/C(C)=O)c1. The van der Waals surface area contributed by atoms with Crippen molar-refractivity contribution in [2.24, 2.45) is 4.36 Å². The van der Waals surface area contributed by atoms with E-state index in [1.54, 1.807) is 37.3 Å². The van der Waals surface area contributed by atoms with Crippen molar-refractivity contribution in [3.05, 3.63) is 89.0 Å². The van der Waals surface area contributed by atoms with Crippen LogP contribution < -0.4 is 14.8 Å². The van der Waals surface area contributed by atoms with Gasteiger partial charge in [0.1, 0.15) is 5.56 Å². The zero-order valence-electron chi connectivity index (χ0n) is 22.7. The van der Waals surface area contributed by atoms with E-state index in [2.05, 4.69) is 25.9 Å². The highest BCUT2D eigenvalue weighted by Gasteiger charge is 2.24. The van der Waals surface area contributed by atoms with Crippen LogP contribution in [-0.4, -0.2) is 35.4 Å². The molecule has 0 spiro atoms. The molecule has 1 atom stereocenters. The van der Waals surface area contributed by atoms with Gasteiger partial charge in [-0.1, -0.05) is 46.6 Å². The fourth-order valence-corrected chi connectivity index (χ4v) is 5.01. The van der Waals surface area contributed by atoms with Crippen LogP contribution in [0.3, 0.4) is 0 Å². The van der Waals surface area contributed by atoms with Crippen molar-refractivity contribution in [1.82, 2.24) is 10.2 Å². The minimum atomic E-state index is -0.665. The number of hydrogen-bond donors (Lipinski definition) is 1. The second-order valence-corrected chi connectivity index (χ2v) is 10.5. The number of rotatable bonds is 7. The zero-order valence-corrected chi connectivity index (χ0v) is 23.5. The number of nitriles is 1. The maximum Gasteiger partial charge on any atom is 0.261 e. The summed E-state index contributed by atoms with van der Waals surface area (Å²) < 4.78 is 15.5. The number of nitrogens with one attached hydrogen (secondary N) is 1. The van der Waals surface area contributed by atoms with E-state index < -0.39 is 16.6 Å². The van der Waals surface area contributed by atoms with E-state index in [1.165, 1.54) is 20.1 Å². The number of ether oxygens (including phenoxy) is 2. The Morgan fingerprint density at radius 2 is 1.75 bits per heavy atom. The smallest absolute Gasteiger partial charge is 0.261 e. The first-order valence-electron chi connectivity index (χ1n) is 12.2. The number of hydrogen-bond acceptors (Lipinski definition) is 7. The summed E-state index contributed by atoms with van der Waals surface area (Å²) in [4.78, 5) is 26.1. The Bertz CT molecular complexity index is 1680. The van der Waals surface area contributed by atoms with Gasteiger partial charge in [-0.05, 0) is 56.0 Å². The monoisotopic (exact) mass is 553 g/mol. The van der Waals surface area contributed by atoms with Crippen LogP contribution in [0.5, 0.6) is 17.4 Å². The average molecular weight is 554 g/mol. The first-order chi connectivity index (χ1) is 19.2. The molecule has 4 aromatic rings. The largest absolute Gasteiger partial charge is 0.493 e. The molecule has 0 saturated heterocycles. The lowest BCUT2D eigenvalue weighted by Crippen LogP contribution is -2.17. The van der Waals surface area contributed by atoms with Crippen molar-refractivity contribution in [2.45, 2.75) is 25.7 Å². The van der Waals surface area contributed by atoms with Crippen LogP contribution in [0.2, 0.25) is 0 Å². The standard InChI is InChI=1S/C30H27N5O4S/c1-18-9-12-22(13-10-18)28-19(2)27(29(37)32-23-7-6-8-24(16-23)40(5)35-20(3)36)30(34-33-28)39-25-14-11-21(17-31)15-26(25)38-4/h6-16H,1-5H3,(H,32,37). The number of anilines is 1. The predicted molar refractivity (Wildman–Crippen MR) is 154 cm³/mol. The van der Waals surface area contributed by atoms with E-state index in [1.807, 2.05) is 43.5 Å². The highest BCUT2D eigenvalue weighted by atomic mass is 32.2. The molecule has 0 aliphatic carbocycles. The molecule has 10 heteroatoms. The van der Waals surface area contributed by atoms with Gasteiger partial charge in [0, 0.05) is 29.1 Å². The summed E-state index contributed by atoms with van der Waals surface area (Å²) in [6.45, 7) is 5.18. The maximum absolute atomic E-state index is 13.8. The van der Waals surface area contributed by atoms with Crippen LogP contribution >= 0.6 is 0 Å². The zero-order chi connectivity index (χ0) is 28.8. The molecule has 0 bridgehead atoms. The van der Waals surface area contributed by atoms with Crippen molar-refractivity contribution >= 4 is 28.2 Å². The lowest BCUT2D eigenvalue weighted by atomic mass is 10.0. The second-order valence-electron chi connectivity index (χ2n) is 8.87. The molecule has 202 valence electrons. The molecule has 3 aromatic carbocycles. The van der Waals surface area contributed by atoms with Gasteiger partial charge in [-0.15, -0.1) is 10.2 Å². The normalized spacial score (nSPS) is 11.4. The summed E-state index contributed by atoms with van der Waals surface area (Å²) in [5.41, 5.74) is 4.10. The molecule has 1 N–H and O–H groups in total. The van der Waals surface area contributed by atoms with Crippen molar-refractivity contribution in [3.63, 3.8) is 0 Å². The first-order valence-corrected chi connectivity index (χ1v) is 13.8. The number of benzene rings is 3. The third kappa shape index (κ3) is 6.39. The third-order valence-electron chi connectivity index (χ3n) is 5.93. The number of nitrogens with zero attached hydrogens (tertiary/aromatic N) is 4. The van der Waals surface area contributed by atoms with Crippen LogP contribution in [0.1, 0.15) is 34.0 Å². The minimum absolute atomic E-state index is 0.0214. The lowest BCUT2D eigenvalue weighted by molar-refractivity contribution is -0.115. The summed E-state index contributed by atoms with van der Waals surface area (Å²) in [5, 5.41) is 20.8. The van der Waals surface area contributed by atoms with E-state index in [0.29, 0.717) is 28.3 Å². The van der Waals surface area contributed by atoms with Crippen molar-refractivity contribution in [3.8, 4) is 34.7 Å². The Hall–Kier alpha value is -4.88. The molecular weight excluding hydrogens is 526 g/mol. The number of methoxy groups -OCH3 is 1. The van der Waals surface area contributed by atoms with Crippen molar-refractivity contribution < 1.29 is 19.1 Å². The molecule has 4 rings (SSSR count). The Morgan fingerprint density at radius 3 is 2.42 bits per heavy atom. The quantitative estimate of drug-likeness (QED) is 0.296. The molecule has 40 heavy (non-hydrogen) atoms. The Morgan fingerprint density at radius 1 is 1.00 bits per heavy atom. The van der Waals surface area contributed by atoms with E-state index >= 15 is 0 Å². The second kappa shape index (κ2) is 12.3. The topological polar surface area (TPSA) is 127 Å². The van der Waals surface area contributed by atoms with E-state index in [9.17, 15) is 14.9 Å². The van der Waals surface area contributed by atoms with Crippen molar-refractivity contribution in [2.75, 3.05) is 18.7 Å². The maximum atomic E-state index is 13.8. The predicted octanol–water partition coefficient (Wildman–Crippen LogP) is 6.02. The Kier molecular flexibility index (Phi) is 8.67. The molecule has 9 nitrogen and oxygen atoms in total. The number of carbonyl (C=O) groups excluding carboxylic acids is 2. The van der Waals surface area contributed by atoms with Crippen molar-refractivity contribution in [1.29, 1.82) is 5.26 Å². The van der Waals surface area contributed by atoms with Crippen LogP contribution in [0.15, 0.2) is 76.0 Å². The molecule has 1 unspecified atom stereocenters. The Balaban J connectivity index is 1.79. The number of amides is 2. The fourth-order valence-electron chi connectivity index (χ4n) is 3.95. The summed E-state index contributed by atoms with van der Waals surface area (Å²) in [5.74, 6) is -0.158. The summed E-state index contributed by atoms with van der Waals surface area (Å²) in [6, 6.07) is 21.7. The van der Waals surface area contributed by atoms with E-state index in [-0.39, 0.29) is 23.1 Å². The molecule has 0 fully saturated rings. The van der Waals surface area contributed by atoms with Crippen LogP contribution in [0.25, 0.3) is 11.3 Å². The summed E-state index contributed by atoms with van der Waals surface area (Å²) in [7, 11) is 0.794. The average Bonchev–Trinajstić information content (AvgIpc) is 2.93. The van der Waals surface area contributed by atoms with Gasteiger partial charge in [-0.3, -0.25) is 9.59 Å². The molecule has 1 aromatic heterocycles. The molecule has 0 aliphatic rings.